The smallest absolute Gasteiger partial charge is 0.182 e. The van der Waals surface area contributed by atoms with E-state index in [2.05, 4.69) is 32.5 Å². The second-order valence-corrected chi connectivity index (χ2v) is 3.99. The van der Waals surface area contributed by atoms with Crippen molar-refractivity contribution in [3.05, 3.63) is 54.2 Å². The summed E-state index contributed by atoms with van der Waals surface area (Å²) in [6, 6.07) is 10.2. The molecule has 0 spiro atoms. The molecule has 0 radical (unpaired) electrons. The second-order valence-electron chi connectivity index (χ2n) is 3.99. The van der Waals surface area contributed by atoms with Crippen LogP contribution in [0.4, 0.5) is 0 Å². The normalized spacial score (nSPS) is 10.7. The third-order valence-corrected chi connectivity index (χ3v) is 2.86. The molecule has 0 aliphatic rings. The molecular weight excluding hydrogens is 226 g/mol. The van der Waals surface area contributed by atoms with Gasteiger partial charge in [0, 0.05) is 13.5 Å². The van der Waals surface area contributed by atoms with Crippen molar-refractivity contribution in [1.82, 2.24) is 19.6 Å². The summed E-state index contributed by atoms with van der Waals surface area (Å²) in [4.78, 5) is 12.9. The van der Waals surface area contributed by atoms with Gasteiger partial charge >= 0.3 is 0 Å². The van der Waals surface area contributed by atoms with Crippen molar-refractivity contribution in [2.24, 2.45) is 0 Å². The highest BCUT2D eigenvalue weighted by Crippen LogP contribution is 2.15. The maximum atomic E-state index is 4.36. The maximum Gasteiger partial charge on any atom is 0.182 e. The molecule has 90 valence electrons. The van der Waals surface area contributed by atoms with Crippen molar-refractivity contribution in [1.29, 1.82) is 0 Å². The van der Waals surface area contributed by atoms with Crippen LogP contribution in [0.15, 0.2) is 43.0 Å². The number of nitrogens with zero attached hydrogens (tertiary/aromatic N) is 4. The Morgan fingerprint density at radius 3 is 2.72 bits per heavy atom. The topological polar surface area (TPSA) is 55.6 Å². The number of imidazole rings is 1. The van der Waals surface area contributed by atoms with Gasteiger partial charge < -0.3 is 5.43 Å². The molecule has 1 N–H and O–H groups in total. The van der Waals surface area contributed by atoms with Crippen LogP contribution in [0.2, 0.25) is 0 Å². The minimum atomic E-state index is 0.764. The summed E-state index contributed by atoms with van der Waals surface area (Å²) in [5.74, 6) is 0. The van der Waals surface area contributed by atoms with E-state index < -0.39 is 0 Å². The summed E-state index contributed by atoms with van der Waals surface area (Å²) < 4.78 is 1.78. The lowest BCUT2D eigenvalue weighted by Gasteiger charge is -2.03. The lowest BCUT2D eigenvalue weighted by molar-refractivity contribution is 0.934. The number of rotatable bonds is 3. The Morgan fingerprint density at radius 2 is 1.94 bits per heavy atom. The third-order valence-electron chi connectivity index (χ3n) is 2.86. The Labute approximate surface area is 104 Å². The van der Waals surface area contributed by atoms with Gasteiger partial charge in [-0.1, -0.05) is 30.3 Å². The van der Waals surface area contributed by atoms with E-state index in [1.54, 1.807) is 17.3 Å². The molecule has 0 bridgehead atoms. The summed E-state index contributed by atoms with van der Waals surface area (Å²) >= 11 is 0. The van der Waals surface area contributed by atoms with Crippen molar-refractivity contribution in [2.45, 2.75) is 6.42 Å². The fraction of sp³-hybridized carbons (Fsp3) is 0.154. The molecule has 0 fully saturated rings. The molecule has 0 aliphatic carbocycles. The quantitative estimate of drug-likeness (QED) is 0.754. The molecule has 0 saturated carbocycles. The minimum absolute atomic E-state index is 0.764. The van der Waals surface area contributed by atoms with Crippen molar-refractivity contribution >= 4 is 11.2 Å². The summed E-state index contributed by atoms with van der Waals surface area (Å²) in [6.45, 7) is 0. The average molecular weight is 239 g/mol. The Kier molecular flexibility index (Phi) is 2.64. The maximum absolute atomic E-state index is 4.36. The summed E-state index contributed by atoms with van der Waals surface area (Å²) in [5, 5.41) is 0. The highest BCUT2D eigenvalue weighted by Gasteiger charge is 2.09. The van der Waals surface area contributed by atoms with Crippen LogP contribution >= 0.6 is 0 Å². The molecule has 0 aliphatic heterocycles. The van der Waals surface area contributed by atoms with Crippen molar-refractivity contribution in [2.75, 3.05) is 12.5 Å². The zero-order valence-corrected chi connectivity index (χ0v) is 10.0. The van der Waals surface area contributed by atoms with Gasteiger partial charge in [0.25, 0.3) is 0 Å². The molecule has 1 aromatic carbocycles. The fourth-order valence-electron chi connectivity index (χ4n) is 1.97. The van der Waals surface area contributed by atoms with Crippen LogP contribution in [-0.4, -0.2) is 26.7 Å². The van der Waals surface area contributed by atoms with Crippen molar-refractivity contribution in [3.63, 3.8) is 0 Å². The van der Waals surface area contributed by atoms with E-state index in [1.165, 1.54) is 5.56 Å². The number of hydrogen-bond donors (Lipinski definition) is 1. The number of aromatic nitrogens is 4. The van der Waals surface area contributed by atoms with E-state index in [9.17, 15) is 0 Å². The molecule has 0 saturated heterocycles. The Morgan fingerprint density at radius 1 is 1.11 bits per heavy atom. The van der Waals surface area contributed by atoms with Gasteiger partial charge in [-0.2, -0.15) is 0 Å². The number of nitrogens with one attached hydrogen (secondary N) is 1. The van der Waals surface area contributed by atoms with E-state index >= 15 is 0 Å². The van der Waals surface area contributed by atoms with Crippen LogP contribution in [0.3, 0.4) is 0 Å². The number of fused-ring (bicyclic) bond motifs is 1. The Balaban J connectivity index is 2.05. The molecule has 0 amide bonds. The lowest BCUT2D eigenvalue weighted by Crippen LogP contribution is -2.07. The number of hydrogen-bond acceptors (Lipinski definition) is 4. The first-order chi connectivity index (χ1) is 8.88. The van der Waals surface area contributed by atoms with Gasteiger partial charge in [-0.3, -0.25) is 0 Å². The van der Waals surface area contributed by atoms with E-state index in [0.29, 0.717) is 0 Å². The Bertz CT molecular complexity index is 659. The molecule has 5 nitrogen and oxygen atoms in total. The van der Waals surface area contributed by atoms with Crippen molar-refractivity contribution < 1.29 is 0 Å². The zero-order valence-electron chi connectivity index (χ0n) is 10.0. The number of benzene rings is 1. The summed E-state index contributed by atoms with van der Waals surface area (Å²) in [5.41, 5.74) is 6.82. The van der Waals surface area contributed by atoms with E-state index in [-0.39, 0.29) is 0 Å². The van der Waals surface area contributed by atoms with Gasteiger partial charge in [0.05, 0.1) is 5.69 Å². The molecular formula is C13H13N5. The molecule has 2 aromatic heterocycles. The highest BCUT2D eigenvalue weighted by atomic mass is 15.4. The molecule has 3 aromatic rings. The molecule has 3 rings (SSSR count). The van der Waals surface area contributed by atoms with Gasteiger partial charge in [-0.05, 0) is 5.56 Å². The lowest BCUT2D eigenvalue weighted by atomic mass is 10.1. The highest BCUT2D eigenvalue weighted by molar-refractivity contribution is 5.73. The van der Waals surface area contributed by atoms with Gasteiger partial charge in [0.2, 0.25) is 0 Å². The average Bonchev–Trinajstić information content (AvgIpc) is 2.84. The molecule has 0 atom stereocenters. The standard InChI is InChI=1S/C13H13N5/c1-14-18-9-17-12-11(15-8-16-13(12)18)7-10-5-3-2-4-6-10/h2-6,8-9,14H,7H2,1H3. The van der Waals surface area contributed by atoms with Gasteiger partial charge in [0.15, 0.2) is 5.65 Å². The molecule has 5 heteroatoms. The molecule has 18 heavy (non-hydrogen) atoms. The molecule has 2 heterocycles. The predicted molar refractivity (Wildman–Crippen MR) is 69.9 cm³/mol. The minimum Gasteiger partial charge on any atom is -0.326 e. The first-order valence-corrected chi connectivity index (χ1v) is 5.77. The van der Waals surface area contributed by atoms with Crippen LogP contribution in [0.5, 0.6) is 0 Å². The van der Waals surface area contributed by atoms with Gasteiger partial charge in [-0.15, -0.1) is 0 Å². The van der Waals surface area contributed by atoms with E-state index in [0.717, 1.165) is 23.3 Å². The van der Waals surface area contributed by atoms with Crippen LogP contribution < -0.4 is 5.43 Å². The van der Waals surface area contributed by atoms with Crippen LogP contribution in [0.25, 0.3) is 11.2 Å². The second kappa shape index (κ2) is 4.44. The third kappa shape index (κ3) is 1.79. The first-order valence-electron chi connectivity index (χ1n) is 5.77. The SMILES string of the molecule is CNn1cnc2c(Cc3ccccc3)ncnc21. The summed E-state index contributed by atoms with van der Waals surface area (Å²) in [6.07, 6.45) is 4.06. The summed E-state index contributed by atoms with van der Waals surface area (Å²) in [7, 11) is 1.83. The predicted octanol–water partition coefficient (Wildman–Crippen LogP) is 1.59. The van der Waals surface area contributed by atoms with Crippen LogP contribution in [-0.2, 0) is 6.42 Å². The first kappa shape index (κ1) is 10.7. The van der Waals surface area contributed by atoms with E-state index in [4.69, 9.17) is 0 Å². The van der Waals surface area contributed by atoms with E-state index in [1.807, 2.05) is 25.2 Å². The monoisotopic (exact) mass is 239 g/mol. The molecule has 0 unspecified atom stereocenters. The zero-order chi connectivity index (χ0) is 12.4. The largest absolute Gasteiger partial charge is 0.326 e. The fourth-order valence-corrected chi connectivity index (χ4v) is 1.97. The van der Waals surface area contributed by atoms with Gasteiger partial charge in [0.1, 0.15) is 18.2 Å². The van der Waals surface area contributed by atoms with Crippen molar-refractivity contribution in [3.8, 4) is 0 Å². The Hall–Kier alpha value is -2.43. The van der Waals surface area contributed by atoms with Crippen LogP contribution in [0, 0.1) is 0 Å². The van der Waals surface area contributed by atoms with Crippen LogP contribution in [0.1, 0.15) is 11.3 Å². The van der Waals surface area contributed by atoms with Gasteiger partial charge in [-0.25, -0.2) is 19.6 Å².